The van der Waals surface area contributed by atoms with Gasteiger partial charge < -0.3 is 28.8 Å². The second-order valence-corrected chi connectivity index (χ2v) is 13.0. The first-order valence-corrected chi connectivity index (χ1v) is 17.9. The minimum atomic E-state index is -0.618. The SMILES string of the molecule is Oc1ccc2ccccc2c1C/C=C1\O[C@H](COCc2ccccc2)[C@@H](OCc2ccccc2)[C@H](OCc2ccccc2)[C@H]1OCc1ccccc1. The fraction of sp³-hybridized carbons (Fsp3) is 0.217. The van der Waals surface area contributed by atoms with Crippen molar-refractivity contribution in [1.29, 1.82) is 0 Å². The Morgan fingerprint density at radius 1 is 0.519 bits per heavy atom. The van der Waals surface area contributed by atoms with E-state index in [4.69, 9.17) is 23.7 Å². The van der Waals surface area contributed by atoms with Crippen molar-refractivity contribution >= 4 is 10.8 Å². The zero-order valence-corrected chi connectivity index (χ0v) is 29.1. The number of benzene rings is 6. The largest absolute Gasteiger partial charge is 0.508 e. The van der Waals surface area contributed by atoms with Gasteiger partial charge in [-0.25, -0.2) is 0 Å². The molecule has 264 valence electrons. The molecule has 1 aliphatic heterocycles. The number of rotatable bonds is 15. The van der Waals surface area contributed by atoms with E-state index in [-0.39, 0.29) is 12.4 Å². The van der Waals surface area contributed by atoms with Gasteiger partial charge in [0, 0.05) is 5.56 Å². The van der Waals surface area contributed by atoms with Crippen molar-refractivity contribution in [3.05, 3.63) is 197 Å². The van der Waals surface area contributed by atoms with E-state index < -0.39 is 24.4 Å². The Bertz CT molecular complexity index is 2000. The molecular formula is C46H44O6. The second-order valence-electron chi connectivity index (χ2n) is 13.0. The predicted molar refractivity (Wildman–Crippen MR) is 203 cm³/mol. The lowest BCUT2D eigenvalue weighted by Gasteiger charge is -2.43. The van der Waals surface area contributed by atoms with Crippen molar-refractivity contribution in [2.24, 2.45) is 0 Å². The van der Waals surface area contributed by atoms with E-state index in [0.29, 0.717) is 38.6 Å². The van der Waals surface area contributed by atoms with Gasteiger partial charge in [-0.15, -0.1) is 0 Å². The molecule has 52 heavy (non-hydrogen) atoms. The van der Waals surface area contributed by atoms with E-state index in [1.54, 1.807) is 6.07 Å². The number of hydrogen-bond acceptors (Lipinski definition) is 6. The fourth-order valence-corrected chi connectivity index (χ4v) is 6.61. The molecule has 1 fully saturated rings. The Labute approximate surface area is 305 Å². The predicted octanol–water partition coefficient (Wildman–Crippen LogP) is 9.34. The highest BCUT2D eigenvalue weighted by molar-refractivity contribution is 5.87. The van der Waals surface area contributed by atoms with Crippen LogP contribution in [0.15, 0.2) is 170 Å². The zero-order valence-electron chi connectivity index (χ0n) is 29.1. The van der Waals surface area contributed by atoms with E-state index in [2.05, 4.69) is 30.3 Å². The van der Waals surface area contributed by atoms with Crippen molar-refractivity contribution in [2.45, 2.75) is 57.3 Å². The molecule has 6 aromatic rings. The molecule has 1 saturated heterocycles. The number of aromatic hydroxyl groups is 1. The van der Waals surface area contributed by atoms with Crippen molar-refractivity contribution in [2.75, 3.05) is 6.61 Å². The molecular weight excluding hydrogens is 649 g/mol. The summed E-state index contributed by atoms with van der Waals surface area (Å²) in [7, 11) is 0. The van der Waals surface area contributed by atoms with Crippen LogP contribution in [0.5, 0.6) is 5.75 Å². The molecule has 7 rings (SSSR count). The summed E-state index contributed by atoms with van der Waals surface area (Å²) >= 11 is 0. The maximum absolute atomic E-state index is 11.0. The first-order chi connectivity index (χ1) is 25.7. The lowest BCUT2D eigenvalue weighted by molar-refractivity contribution is -0.223. The van der Waals surface area contributed by atoms with Gasteiger partial charge in [0.05, 0.1) is 33.0 Å². The summed E-state index contributed by atoms with van der Waals surface area (Å²) in [5.41, 5.74) is 5.01. The molecule has 6 nitrogen and oxygen atoms in total. The maximum Gasteiger partial charge on any atom is 0.150 e. The molecule has 4 atom stereocenters. The summed E-state index contributed by atoms with van der Waals surface area (Å²) in [6.45, 7) is 1.76. The van der Waals surface area contributed by atoms with E-state index in [1.807, 2.05) is 127 Å². The highest BCUT2D eigenvalue weighted by atomic mass is 16.6. The van der Waals surface area contributed by atoms with Crippen LogP contribution >= 0.6 is 0 Å². The molecule has 0 unspecified atom stereocenters. The van der Waals surface area contributed by atoms with Gasteiger partial charge in [0.2, 0.25) is 0 Å². The molecule has 6 heteroatoms. The number of phenolic OH excluding ortho intramolecular Hbond substituents is 1. The molecule has 0 aliphatic carbocycles. The topological polar surface area (TPSA) is 66.4 Å². The molecule has 6 aromatic carbocycles. The molecule has 0 aromatic heterocycles. The Hall–Kier alpha value is -5.24. The van der Waals surface area contributed by atoms with Crippen LogP contribution in [0.1, 0.15) is 27.8 Å². The smallest absolute Gasteiger partial charge is 0.150 e. The third kappa shape index (κ3) is 9.15. The number of phenols is 1. The van der Waals surface area contributed by atoms with Crippen molar-refractivity contribution in [3.8, 4) is 5.75 Å². The van der Waals surface area contributed by atoms with Crippen molar-refractivity contribution < 1.29 is 28.8 Å². The van der Waals surface area contributed by atoms with Gasteiger partial charge in [0.15, 0.2) is 6.10 Å². The quantitative estimate of drug-likeness (QED) is 0.116. The van der Waals surface area contributed by atoms with E-state index in [9.17, 15) is 5.11 Å². The summed E-state index contributed by atoms with van der Waals surface area (Å²) in [6.07, 6.45) is 0.215. The van der Waals surface area contributed by atoms with Gasteiger partial charge >= 0.3 is 0 Å². The zero-order chi connectivity index (χ0) is 35.4. The van der Waals surface area contributed by atoms with Crippen LogP contribution in [0.2, 0.25) is 0 Å². The van der Waals surface area contributed by atoms with E-state index >= 15 is 0 Å². The fourth-order valence-electron chi connectivity index (χ4n) is 6.61. The molecule has 0 spiro atoms. The average molecular weight is 693 g/mol. The van der Waals surface area contributed by atoms with Crippen molar-refractivity contribution in [3.63, 3.8) is 0 Å². The van der Waals surface area contributed by atoms with Crippen LogP contribution < -0.4 is 0 Å². The molecule has 0 amide bonds. The monoisotopic (exact) mass is 692 g/mol. The number of allylic oxidation sites excluding steroid dienone is 1. The number of fused-ring (bicyclic) bond motifs is 1. The summed E-state index contributed by atoms with van der Waals surface area (Å²) in [5.74, 6) is 0.853. The first kappa shape index (κ1) is 35.2. The summed E-state index contributed by atoms with van der Waals surface area (Å²) in [6, 6.07) is 52.2. The van der Waals surface area contributed by atoms with E-state index in [1.165, 1.54) is 0 Å². The highest BCUT2D eigenvalue weighted by Crippen LogP contribution is 2.35. The third-order valence-corrected chi connectivity index (χ3v) is 9.32. The van der Waals surface area contributed by atoms with Gasteiger partial charge in [-0.1, -0.05) is 152 Å². The lowest BCUT2D eigenvalue weighted by atomic mass is 9.95. The number of ether oxygens (including phenoxy) is 5. The second kappa shape index (κ2) is 17.8. The Morgan fingerprint density at radius 2 is 1.02 bits per heavy atom. The molecule has 1 aliphatic rings. The maximum atomic E-state index is 11.0. The molecule has 0 radical (unpaired) electrons. The first-order valence-electron chi connectivity index (χ1n) is 17.9. The standard InChI is InChI=1S/C46H44O6/c47-41-27-25-38-23-13-14-24-39(38)40(41)26-28-42-44(49-30-35-17-7-2-8-18-35)46(51-32-37-21-11-4-12-22-37)45(50-31-36-19-9-3-10-20-36)43(52-42)33-48-29-34-15-5-1-6-16-34/h1-25,27-28,43-47H,26,29-33H2/b42-28-/t43-,44+,45-,46-/m1/s1. The molecule has 1 heterocycles. The minimum Gasteiger partial charge on any atom is -0.508 e. The van der Waals surface area contributed by atoms with Gasteiger partial charge in [0.1, 0.15) is 29.8 Å². The van der Waals surface area contributed by atoms with Crippen LogP contribution in [0.3, 0.4) is 0 Å². The Kier molecular flexibility index (Phi) is 12.0. The third-order valence-electron chi connectivity index (χ3n) is 9.32. The van der Waals surface area contributed by atoms with Gasteiger partial charge in [0.25, 0.3) is 0 Å². The molecule has 0 bridgehead atoms. The Morgan fingerprint density at radius 3 is 1.62 bits per heavy atom. The average Bonchev–Trinajstić information content (AvgIpc) is 3.20. The molecule has 1 N–H and O–H groups in total. The van der Waals surface area contributed by atoms with Gasteiger partial charge in [-0.2, -0.15) is 0 Å². The summed E-state index contributed by atoms with van der Waals surface area (Å²) in [4.78, 5) is 0. The van der Waals surface area contributed by atoms with Gasteiger partial charge in [-0.05, 0) is 51.6 Å². The number of hydrogen-bond donors (Lipinski definition) is 1. The Balaban J connectivity index is 1.25. The van der Waals surface area contributed by atoms with Crippen LogP contribution in [0, 0.1) is 0 Å². The molecule has 0 saturated carbocycles. The van der Waals surface area contributed by atoms with Gasteiger partial charge in [-0.3, -0.25) is 0 Å². The van der Waals surface area contributed by atoms with Crippen molar-refractivity contribution in [1.82, 2.24) is 0 Å². The summed E-state index contributed by atoms with van der Waals surface area (Å²) < 4.78 is 33.7. The highest BCUT2D eigenvalue weighted by Gasteiger charge is 2.46. The van der Waals surface area contributed by atoms with Crippen LogP contribution in [0.25, 0.3) is 10.8 Å². The minimum absolute atomic E-state index is 0.233. The van der Waals surface area contributed by atoms with Crippen LogP contribution in [0.4, 0.5) is 0 Å². The normalized spacial score (nSPS) is 19.4. The van der Waals surface area contributed by atoms with Crippen LogP contribution in [-0.2, 0) is 56.5 Å². The summed E-state index contributed by atoms with van der Waals surface area (Å²) in [5, 5.41) is 13.1. The van der Waals surface area contributed by atoms with E-state index in [0.717, 1.165) is 38.6 Å². The van der Waals surface area contributed by atoms with Crippen LogP contribution in [-0.4, -0.2) is 36.1 Å². The lowest BCUT2D eigenvalue weighted by Crippen LogP contribution is -2.56.